The Balaban J connectivity index is 5.29. The summed E-state index contributed by atoms with van der Waals surface area (Å²) in [5.41, 5.74) is 0. The lowest BCUT2D eigenvalue weighted by Crippen LogP contribution is -2.49. The number of Topliss-reactive ketones (excluding diaryl/α,β-unsaturated/α-hetero) is 1. The van der Waals surface area contributed by atoms with Crippen molar-refractivity contribution >= 4 is 14.1 Å². The summed E-state index contributed by atoms with van der Waals surface area (Å²) in [4.78, 5) is 12.8. The van der Waals surface area contributed by atoms with E-state index in [4.69, 9.17) is 4.43 Å². The topological polar surface area (TPSA) is 46.5 Å². The largest absolute Gasteiger partial charge is 0.413 e. The van der Waals surface area contributed by atoms with Crippen molar-refractivity contribution in [3.63, 3.8) is 0 Å². The van der Waals surface area contributed by atoms with Crippen molar-refractivity contribution in [2.45, 2.75) is 92.7 Å². The molecule has 0 bridgehead atoms. The average Bonchev–Trinajstić information content (AvgIpc) is 2.39. The first-order valence-corrected chi connectivity index (χ1v) is 11.9. The van der Waals surface area contributed by atoms with Gasteiger partial charge in [-0.25, -0.2) is 0 Å². The lowest BCUT2D eigenvalue weighted by molar-refractivity contribution is -0.134. The minimum absolute atomic E-state index is 0.0833. The normalized spacial score (nSPS) is 18.9. The number of aliphatic hydroxyl groups excluding tert-OH is 1. The summed E-state index contributed by atoms with van der Waals surface area (Å²) < 4.78 is 6.57. The van der Waals surface area contributed by atoms with Crippen molar-refractivity contribution < 1.29 is 14.3 Å². The van der Waals surface area contributed by atoms with Gasteiger partial charge >= 0.3 is 0 Å². The number of aliphatic hydroxyl groups is 1. The van der Waals surface area contributed by atoms with Crippen molar-refractivity contribution in [1.82, 2.24) is 0 Å². The Hall–Kier alpha value is -0.193. The molecule has 0 aromatic rings. The molecule has 0 amide bonds. The van der Waals surface area contributed by atoms with Crippen LogP contribution in [0.4, 0.5) is 0 Å². The van der Waals surface area contributed by atoms with Gasteiger partial charge in [0.1, 0.15) is 5.78 Å². The van der Waals surface area contributed by atoms with E-state index < -0.39 is 14.4 Å². The van der Waals surface area contributed by atoms with E-state index >= 15 is 0 Å². The standard InChI is InChI=1S/C19H40O3Si/c1-12(2)16(20)14(5)17(21)15(6)18(13(3)4)22-23(10,11)19(7,8)9/h12-16,18,20H,1-11H3/t14-,15-,16+,18+/m0/s1. The summed E-state index contributed by atoms with van der Waals surface area (Å²) in [7, 11) is -1.94. The second kappa shape index (κ2) is 8.26. The molecule has 0 rings (SSSR count). The minimum atomic E-state index is -1.94. The molecular formula is C19H40O3Si. The monoisotopic (exact) mass is 344 g/mol. The Bertz CT molecular complexity index is 383. The van der Waals surface area contributed by atoms with E-state index in [1.807, 2.05) is 27.7 Å². The Morgan fingerprint density at radius 1 is 0.913 bits per heavy atom. The van der Waals surface area contributed by atoms with E-state index in [-0.39, 0.29) is 40.6 Å². The fourth-order valence-electron chi connectivity index (χ4n) is 2.65. The SMILES string of the molecule is CC(C)[C@@H](O)[C@H](C)C(=O)[C@H](C)[C@H](O[Si](C)(C)C(C)(C)C)C(C)C. The second-order valence-corrected chi connectivity index (χ2v) is 14.1. The molecule has 0 saturated carbocycles. The molecule has 4 atom stereocenters. The van der Waals surface area contributed by atoms with Crippen LogP contribution in [0, 0.1) is 23.7 Å². The van der Waals surface area contributed by atoms with Crippen LogP contribution < -0.4 is 0 Å². The van der Waals surface area contributed by atoms with Gasteiger partial charge in [0, 0.05) is 11.8 Å². The van der Waals surface area contributed by atoms with Crippen LogP contribution in [0.3, 0.4) is 0 Å². The highest BCUT2D eigenvalue weighted by Crippen LogP contribution is 2.39. The van der Waals surface area contributed by atoms with E-state index in [1.165, 1.54) is 0 Å². The zero-order valence-electron chi connectivity index (χ0n) is 17.2. The highest BCUT2D eigenvalue weighted by atomic mass is 28.4. The van der Waals surface area contributed by atoms with Gasteiger partial charge in [-0.15, -0.1) is 0 Å². The molecular weight excluding hydrogens is 304 g/mol. The number of ketones is 1. The first-order valence-electron chi connectivity index (χ1n) is 9.03. The second-order valence-electron chi connectivity index (χ2n) is 9.30. The molecule has 0 aliphatic heterocycles. The lowest BCUT2D eigenvalue weighted by atomic mass is 9.82. The van der Waals surface area contributed by atoms with Crippen molar-refractivity contribution in [3.8, 4) is 0 Å². The molecule has 0 unspecified atom stereocenters. The molecule has 0 radical (unpaired) electrons. The number of carbonyl (C=O) groups excluding carboxylic acids is 1. The summed E-state index contributed by atoms with van der Waals surface area (Å²) in [6.45, 7) is 23.0. The van der Waals surface area contributed by atoms with E-state index in [1.54, 1.807) is 0 Å². The average molecular weight is 345 g/mol. The summed E-state index contributed by atoms with van der Waals surface area (Å²) in [5, 5.41) is 10.4. The molecule has 138 valence electrons. The van der Waals surface area contributed by atoms with Crippen LogP contribution in [0.1, 0.15) is 62.3 Å². The van der Waals surface area contributed by atoms with Crippen molar-refractivity contribution in [1.29, 1.82) is 0 Å². The van der Waals surface area contributed by atoms with Crippen LogP contribution in [0.5, 0.6) is 0 Å². The quantitative estimate of drug-likeness (QED) is 0.638. The van der Waals surface area contributed by atoms with Crippen LogP contribution in [0.2, 0.25) is 18.1 Å². The molecule has 23 heavy (non-hydrogen) atoms. The van der Waals surface area contributed by atoms with E-state index in [2.05, 4.69) is 47.7 Å². The van der Waals surface area contributed by atoms with E-state index in [0.29, 0.717) is 0 Å². The van der Waals surface area contributed by atoms with Gasteiger partial charge in [0.2, 0.25) is 0 Å². The van der Waals surface area contributed by atoms with Gasteiger partial charge in [-0.3, -0.25) is 4.79 Å². The minimum Gasteiger partial charge on any atom is -0.413 e. The van der Waals surface area contributed by atoms with Crippen LogP contribution in [0.25, 0.3) is 0 Å². The first-order chi connectivity index (χ1) is 10.1. The summed E-state index contributed by atoms with van der Waals surface area (Å²) in [6.07, 6.45) is -0.684. The molecule has 1 N–H and O–H groups in total. The van der Waals surface area contributed by atoms with Crippen molar-refractivity contribution in [2.75, 3.05) is 0 Å². The molecule has 4 heteroatoms. The molecule has 0 aromatic heterocycles. The Morgan fingerprint density at radius 2 is 1.35 bits per heavy atom. The molecule has 0 fully saturated rings. The maximum atomic E-state index is 12.8. The van der Waals surface area contributed by atoms with E-state index in [0.717, 1.165) is 0 Å². The smallest absolute Gasteiger partial charge is 0.192 e. The third kappa shape index (κ3) is 5.99. The summed E-state index contributed by atoms with van der Waals surface area (Å²) in [6, 6.07) is 0. The number of rotatable bonds is 8. The number of carbonyl (C=O) groups is 1. The Labute approximate surface area is 145 Å². The van der Waals surface area contributed by atoms with Crippen LogP contribution in [-0.2, 0) is 9.22 Å². The zero-order valence-corrected chi connectivity index (χ0v) is 18.2. The van der Waals surface area contributed by atoms with Gasteiger partial charge in [-0.1, -0.05) is 62.3 Å². The van der Waals surface area contributed by atoms with Crippen LogP contribution >= 0.6 is 0 Å². The molecule has 0 saturated heterocycles. The maximum Gasteiger partial charge on any atom is 0.192 e. The van der Waals surface area contributed by atoms with Crippen LogP contribution in [0.15, 0.2) is 0 Å². The molecule has 0 heterocycles. The van der Waals surface area contributed by atoms with Gasteiger partial charge < -0.3 is 9.53 Å². The summed E-state index contributed by atoms with van der Waals surface area (Å²) in [5.74, 6) is -0.0863. The zero-order chi connectivity index (χ0) is 18.7. The molecule has 3 nitrogen and oxygen atoms in total. The third-order valence-electron chi connectivity index (χ3n) is 5.48. The fraction of sp³-hybridized carbons (Fsp3) is 0.947. The lowest BCUT2D eigenvalue weighted by Gasteiger charge is -2.42. The van der Waals surface area contributed by atoms with Gasteiger partial charge in [-0.05, 0) is 30.0 Å². The number of hydrogen-bond acceptors (Lipinski definition) is 3. The Kier molecular flexibility index (Phi) is 8.19. The predicted octanol–water partition coefficient (Wildman–Crippen LogP) is 4.89. The van der Waals surface area contributed by atoms with Crippen LogP contribution in [-0.4, -0.2) is 31.4 Å². The highest BCUT2D eigenvalue weighted by molar-refractivity contribution is 6.74. The van der Waals surface area contributed by atoms with E-state index in [9.17, 15) is 9.90 Å². The maximum absolute atomic E-state index is 12.8. The van der Waals surface area contributed by atoms with Gasteiger partial charge in [-0.2, -0.15) is 0 Å². The van der Waals surface area contributed by atoms with Gasteiger partial charge in [0.25, 0.3) is 0 Å². The van der Waals surface area contributed by atoms with Gasteiger partial charge in [0.05, 0.1) is 12.2 Å². The molecule has 0 aromatic carbocycles. The highest BCUT2D eigenvalue weighted by Gasteiger charge is 2.42. The number of hydrogen-bond donors (Lipinski definition) is 1. The van der Waals surface area contributed by atoms with Gasteiger partial charge in [0.15, 0.2) is 8.32 Å². The summed E-state index contributed by atoms with van der Waals surface area (Å²) >= 11 is 0. The fourth-order valence-corrected chi connectivity index (χ4v) is 4.16. The predicted molar refractivity (Wildman–Crippen MR) is 101 cm³/mol. The van der Waals surface area contributed by atoms with Crippen molar-refractivity contribution in [2.24, 2.45) is 23.7 Å². The first kappa shape index (κ1) is 22.8. The third-order valence-corrected chi connectivity index (χ3v) is 9.95. The molecule has 0 aliphatic carbocycles. The molecule has 0 spiro atoms. The molecule has 0 aliphatic rings. The Morgan fingerprint density at radius 3 is 1.65 bits per heavy atom. The van der Waals surface area contributed by atoms with Crippen molar-refractivity contribution in [3.05, 3.63) is 0 Å².